The van der Waals surface area contributed by atoms with E-state index in [1.54, 1.807) is 0 Å². The summed E-state index contributed by atoms with van der Waals surface area (Å²) in [5.74, 6) is 0. The minimum absolute atomic E-state index is 0. The molecule has 5 nitrogen and oxygen atoms in total. The zero-order chi connectivity index (χ0) is 30.9. The van der Waals surface area contributed by atoms with Crippen LogP contribution in [-0.2, 0) is 21.1 Å². The van der Waals surface area contributed by atoms with Crippen molar-refractivity contribution >= 4 is 17.1 Å². The predicted octanol–water partition coefficient (Wildman–Crippen LogP) is 9.69. The number of anilines is 3. The van der Waals surface area contributed by atoms with E-state index in [0.717, 1.165) is 51.0 Å². The van der Waals surface area contributed by atoms with E-state index in [0.29, 0.717) is 0 Å². The Bertz CT molecular complexity index is 1950. The molecular weight excluding hydrogens is 746 g/mol. The van der Waals surface area contributed by atoms with Gasteiger partial charge in [-0.2, -0.15) is 0 Å². The van der Waals surface area contributed by atoms with Crippen molar-refractivity contribution in [2.75, 3.05) is 4.90 Å². The molecule has 0 aliphatic rings. The molecule has 0 unspecified atom stereocenters. The van der Waals surface area contributed by atoms with Crippen molar-refractivity contribution < 1.29 is 21.1 Å². The van der Waals surface area contributed by atoms with Crippen LogP contribution in [0, 0.1) is 39.8 Å². The molecule has 0 amide bonds. The van der Waals surface area contributed by atoms with Crippen molar-refractivity contribution in [3.8, 4) is 33.9 Å². The van der Waals surface area contributed by atoms with E-state index in [1.165, 1.54) is 22.3 Å². The van der Waals surface area contributed by atoms with Crippen molar-refractivity contribution in [1.82, 2.24) is 19.1 Å². The van der Waals surface area contributed by atoms with Gasteiger partial charge in [-0.05, 0) is 85.8 Å². The minimum Gasteiger partial charge on any atom is -0.346 e. The van der Waals surface area contributed by atoms with Gasteiger partial charge < -0.3 is 14.0 Å². The maximum absolute atomic E-state index is 4.78. The molecule has 0 spiro atoms. The second kappa shape index (κ2) is 13.2. The van der Waals surface area contributed by atoms with Gasteiger partial charge in [0.2, 0.25) is 0 Å². The quantitative estimate of drug-likeness (QED) is 0.151. The van der Waals surface area contributed by atoms with Crippen LogP contribution < -0.4 is 4.90 Å². The average molecular weight is 779 g/mol. The molecule has 2 aromatic heterocycles. The van der Waals surface area contributed by atoms with Gasteiger partial charge in [0.1, 0.15) is 0 Å². The van der Waals surface area contributed by atoms with Crippen LogP contribution in [0.5, 0.6) is 0 Å². The summed E-state index contributed by atoms with van der Waals surface area (Å²) in [6.45, 7) is 8.52. The monoisotopic (exact) mass is 778 g/mol. The van der Waals surface area contributed by atoms with Gasteiger partial charge in [-0.15, -0.1) is 59.7 Å². The Balaban J connectivity index is 0.00000372. The molecule has 5 aromatic carbocycles. The van der Waals surface area contributed by atoms with Gasteiger partial charge in [0.05, 0.1) is 24.0 Å². The number of rotatable bonds is 7. The number of aromatic nitrogens is 4. The predicted molar refractivity (Wildman–Crippen MR) is 183 cm³/mol. The fourth-order valence-electron chi connectivity index (χ4n) is 6.05. The first-order chi connectivity index (χ1) is 22.0. The molecule has 0 aliphatic carbocycles. The largest absolute Gasteiger partial charge is 2.00 e. The van der Waals surface area contributed by atoms with Crippen LogP contribution in [0.1, 0.15) is 22.3 Å². The average Bonchev–Trinajstić information content (AvgIpc) is 3.73. The van der Waals surface area contributed by atoms with Crippen LogP contribution in [0.25, 0.3) is 33.9 Å². The van der Waals surface area contributed by atoms with Crippen LogP contribution >= 0.6 is 0 Å². The van der Waals surface area contributed by atoms with E-state index >= 15 is 0 Å². The zero-order valence-corrected chi connectivity index (χ0v) is 28.4. The third-order valence-corrected chi connectivity index (χ3v) is 8.17. The molecule has 7 rings (SSSR count). The number of para-hydroxylation sites is 3. The molecule has 228 valence electrons. The summed E-state index contributed by atoms with van der Waals surface area (Å²) in [6, 6.07) is 42.8. The van der Waals surface area contributed by atoms with Gasteiger partial charge in [-0.1, -0.05) is 54.6 Å². The maximum Gasteiger partial charge on any atom is 2.00 e. The molecular formula is C40H33N5Pt. The molecule has 0 N–H and O–H groups in total. The van der Waals surface area contributed by atoms with Crippen LogP contribution in [0.4, 0.5) is 17.1 Å². The Kier molecular flexibility index (Phi) is 8.87. The maximum atomic E-state index is 4.78. The van der Waals surface area contributed by atoms with E-state index in [-0.39, 0.29) is 21.1 Å². The summed E-state index contributed by atoms with van der Waals surface area (Å²) in [7, 11) is 0. The molecule has 46 heavy (non-hydrogen) atoms. The Morgan fingerprint density at radius 3 is 1.35 bits per heavy atom. The van der Waals surface area contributed by atoms with E-state index in [1.807, 2.05) is 18.7 Å². The number of hydrogen-bond donors (Lipinski definition) is 0. The third-order valence-electron chi connectivity index (χ3n) is 8.17. The summed E-state index contributed by atoms with van der Waals surface area (Å²) in [4.78, 5) is 11.7. The first kappa shape index (κ1) is 31.0. The molecule has 0 aliphatic heterocycles. The topological polar surface area (TPSA) is 38.9 Å². The molecule has 0 fully saturated rings. The van der Waals surface area contributed by atoms with Gasteiger partial charge in [-0.25, -0.2) is 0 Å². The van der Waals surface area contributed by atoms with Crippen LogP contribution in [0.2, 0.25) is 0 Å². The number of nitrogens with zero attached hydrogens (tertiary/aromatic N) is 5. The van der Waals surface area contributed by atoms with Gasteiger partial charge in [-0.3, -0.25) is 9.97 Å². The van der Waals surface area contributed by atoms with E-state index in [4.69, 9.17) is 9.97 Å². The number of hydrogen-bond acceptors (Lipinski definition) is 3. The van der Waals surface area contributed by atoms with Crippen LogP contribution in [-0.4, -0.2) is 19.1 Å². The van der Waals surface area contributed by atoms with Crippen LogP contribution in [0.3, 0.4) is 0 Å². The fraction of sp³-hybridized carbons (Fsp3) is 0.100. The summed E-state index contributed by atoms with van der Waals surface area (Å²) in [5.41, 5.74) is 13.5. The smallest absolute Gasteiger partial charge is 0.346 e. The fourth-order valence-corrected chi connectivity index (χ4v) is 6.05. The van der Waals surface area contributed by atoms with E-state index in [9.17, 15) is 0 Å². The Morgan fingerprint density at radius 2 is 0.913 bits per heavy atom. The van der Waals surface area contributed by atoms with Gasteiger partial charge in [0.15, 0.2) is 0 Å². The SMILES string of the molecule is Cc1cccc(C)c1-n1cnc(-c2[c-]c(N(c3[c-]c(-c4cn(-c5c(C)cccc5C)cn4)ccc3)c3ccccc3)ccc2)c1.[Pt+2]. The Labute approximate surface area is 285 Å². The van der Waals surface area contributed by atoms with Crippen molar-refractivity contribution in [3.63, 3.8) is 0 Å². The number of imidazole rings is 2. The Morgan fingerprint density at radius 1 is 0.500 bits per heavy atom. The Hall–Kier alpha value is -4.99. The second-order valence-electron chi connectivity index (χ2n) is 11.4. The molecule has 0 bridgehead atoms. The summed E-state index contributed by atoms with van der Waals surface area (Å²) < 4.78 is 4.20. The standard InChI is InChI=1S/C40H33N5.Pt/c1-28-12-8-13-29(2)39(28)43-24-37(41-26-43)32-16-10-20-35(22-32)45(34-18-6-5-7-19-34)36-21-11-17-33(23-36)38-25-44(27-42-38)40-30(3)14-9-15-31(40)4;/h5-21,24-27H,1-4H3;/q-2;+2. The normalized spacial score (nSPS) is 10.9. The van der Waals surface area contributed by atoms with Crippen molar-refractivity contribution in [2.45, 2.75) is 27.7 Å². The molecule has 0 saturated carbocycles. The van der Waals surface area contributed by atoms with E-state index in [2.05, 4.69) is 163 Å². The molecule has 0 atom stereocenters. The number of aryl methyl sites for hydroxylation is 4. The first-order valence-electron chi connectivity index (χ1n) is 15.1. The molecule has 6 heteroatoms. The molecule has 7 aromatic rings. The van der Waals surface area contributed by atoms with Gasteiger partial charge >= 0.3 is 21.1 Å². The van der Waals surface area contributed by atoms with Crippen molar-refractivity contribution in [2.24, 2.45) is 0 Å². The van der Waals surface area contributed by atoms with Crippen molar-refractivity contribution in [1.29, 1.82) is 0 Å². The molecule has 2 heterocycles. The second-order valence-corrected chi connectivity index (χ2v) is 11.4. The third kappa shape index (κ3) is 5.99. The van der Waals surface area contributed by atoms with E-state index < -0.39 is 0 Å². The zero-order valence-electron chi connectivity index (χ0n) is 26.2. The minimum atomic E-state index is 0. The molecule has 0 radical (unpaired) electrons. The summed E-state index contributed by atoms with van der Waals surface area (Å²) in [5, 5.41) is 0. The van der Waals surface area contributed by atoms with Gasteiger partial charge in [0.25, 0.3) is 0 Å². The molecule has 0 saturated heterocycles. The van der Waals surface area contributed by atoms with Gasteiger partial charge in [0, 0.05) is 17.1 Å². The number of benzene rings is 5. The van der Waals surface area contributed by atoms with Crippen LogP contribution in [0.15, 0.2) is 128 Å². The summed E-state index contributed by atoms with van der Waals surface area (Å²) >= 11 is 0. The van der Waals surface area contributed by atoms with Crippen molar-refractivity contribution in [3.05, 3.63) is 163 Å². The first-order valence-corrected chi connectivity index (χ1v) is 15.1. The summed E-state index contributed by atoms with van der Waals surface area (Å²) in [6.07, 6.45) is 7.93.